The van der Waals surface area contributed by atoms with Crippen molar-refractivity contribution in [1.29, 1.82) is 0 Å². The summed E-state index contributed by atoms with van der Waals surface area (Å²) < 4.78 is 25.9. The number of rotatable bonds is 6. The van der Waals surface area contributed by atoms with Gasteiger partial charge in [0.1, 0.15) is 0 Å². The van der Waals surface area contributed by atoms with Crippen molar-refractivity contribution in [3.63, 3.8) is 0 Å². The molecule has 1 aliphatic carbocycles. The Kier molecular flexibility index (Phi) is 4.01. The van der Waals surface area contributed by atoms with Gasteiger partial charge in [-0.25, -0.2) is 17.9 Å². The second kappa shape index (κ2) is 5.54. The number of sulfonamides is 1. The summed E-state index contributed by atoms with van der Waals surface area (Å²) in [6.07, 6.45) is 3.99. The normalized spacial score (nSPS) is 15.8. The molecule has 0 heterocycles. The molecule has 1 saturated carbocycles. The van der Waals surface area contributed by atoms with Crippen LogP contribution in [0, 0.1) is 0 Å². The lowest BCUT2D eigenvalue weighted by Gasteiger charge is -2.06. The molecule has 2 N–H and O–H groups in total. The van der Waals surface area contributed by atoms with Crippen LogP contribution in [0.5, 0.6) is 0 Å². The molecule has 2 rings (SSSR count). The lowest BCUT2D eigenvalue weighted by Crippen LogP contribution is -2.26. The maximum Gasteiger partial charge on any atom is 0.328 e. The summed E-state index contributed by atoms with van der Waals surface area (Å²) in [7, 11) is -3.19. The van der Waals surface area contributed by atoms with Gasteiger partial charge in [0.2, 0.25) is 10.0 Å². The molecule has 1 fully saturated rings. The van der Waals surface area contributed by atoms with E-state index in [9.17, 15) is 13.2 Å². The Hall–Kier alpha value is -1.66. The van der Waals surface area contributed by atoms with Crippen LogP contribution in [-0.4, -0.2) is 24.7 Å². The van der Waals surface area contributed by atoms with E-state index in [0.29, 0.717) is 0 Å². The van der Waals surface area contributed by atoms with Gasteiger partial charge in [-0.1, -0.05) is 24.3 Å². The van der Waals surface area contributed by atoms with E-state index in [0.717, 1.165) is 30.0 Å². The van der Waals surface area contributed by atoms with E-state index in [1.165, 1.54) is 6.08 Å². The fraction of sp³-hybridized carbons (Fsp3) is 0.308. The Morgan fingerprint density at radius 3 is 2.79 bits per heavy atom. The minimum Gasteiger partial charge on any atom is -0.478 e. The average Bonchev–Trinajstić information content (AvgIpc) is 3.19. The second-order valence-electron chi connectivity index (χ2n) is 4.48. The topological polar surface area (TPSA) is 83.5 Å². The number of hydrogen-bond donors (Lipinski definition) is 2. The summed E-state index contributed by atoms with van der Waals surface area (Å²) in [6, 6.07) is 7.09. The first kappa shape index (κ1) is 13.8. The van der Waals surface area contributed by atoms with Crippen molar-refractivity contribution < 1.29 is 18.3 Å². The zero-order valence-electron chi connectivity index (χ0n) is 10.2. The summed E-state index contributed by atoms with van der Waals surface area (Å²) in [5.41, 5.74) is 1.53. The van der Waals surface area contributed by atoms with Gasteiger partial charge in [-0.3, -0.25) is 0 Å². The third kappa shape index (κ3) is 4.18. The monoisotopic (exact) mass is 281 g/mol. The van der Waals surface area contributed by atoms with Crippen molar-refractivity contribution in [3.8, 4) is 0 Å². The standard InChI is InChI=1S/C13H15NO4S/c15-13(16)7-4-10-2-1-3-11(8-10)9-14-19(17,18)12-5-6-12/h1-4,7-8,12,14H,5-6,9H2,(H,15,16). The van der Waals surface area contributed by atoms with Crippen molar-refractivity contribution in [2.75, 3.05) is 0 Å². The van der Waals surface area contributed by atoms with Gasteiger partial charge in [0.05, 0.1) is 5.25 Å². The summed E-state index contributed by atoms with van der Waals surface area (Å²) in [4.78, 5) is 10.4. The molecule has 5 nitrogen and oxygen atoms in total. The number of hydrogen-bond acceptors (Lipinski definition) is 3. The van der Waals surface area contributed by atoms with E-state index in [2.05, 4.69) is 4.72 Å². The number of carbonyl (C=O) groups is 1. The van der Waals surface area contributed by atoms with Crippen LogP contribution in [0.25, 0.3) is 6.08 Å². The molecule has 0 aromatic heterocycles. The van der Waals surface area contributed by atoms with Gasteiger partial charge < -0.3 is 5.11 Å². The van der Waals surface area contributed by atoms with Crippen LogP contribution in [0.15, 0.2) is 30.3 Å². The lowest BCUT2D eigenvalue weighted by molar-refractivity contribution is -0.131. The molecular formula is C13H15NO4S. The molecule has 0 unspecified atom stereocenters. The summed E-state index contributed by atoms with van der Waals surface area (Å²) in [5.74, 6) is -1.01. The molecule has 0 radical (unpaired) electrons. The van der Waals surface area contributed by atoms with Gasteiger partial charge >= 0.3 is 5.97 Å². The molecule has 6 heteroatoms. The third-order valence-corrected chi connectivity index (χ3v) is 4.71. The Morgan fingerprint density at radius 1 is 1.42 bits per heavy atom. The number of carboxylic acid groups (broad SMARTS) is 1. The molecule has 0 saturated heterocycles. The number of aliphatic carboxylic acids is 1. The first-order valence-corrected chi connectivity index (χ1v) is 7.50. The van der Waals surface area contributed by atoms with E-state index in [1.807, 2.05) is 0 Å². The van der Waals surface area contributed by atoms with Crippen LogP contribution in [0.1, 0.15) is 24.0 Å². The summed E-state index contributed by atoms with van der Waals surface area (Å²) >= 11 is 0. The second-order valence-corrected chi connectivity index (χ2v) is 6.53. The van der Waals surface area contributed by atoms with Crippen LogP contribution in [0.2, 0.25) is 0 Å². The van der Waals surface area contributed by atoms with Gasteiger partial charge in [-0.2, -0.15) is 0 Å². The molecule has 102 valence electrons. The highest BCUT2D eigenvalue weighted by atomic mass is 32.2. The van der Waals surface area contributed by atoms with Crippen LogP contribution in [0.3, 0.4) is 0 Å². The third-order valence-electron chi connectivity index (χ3n) is 2.81. The van der Waals surface area contributed by atoms with E-state index in [1.54, 1.807) is 24.3 Å². The predicted molar refractivity (Wildman–Crippen MR) is 71.9 cm³/mol. The molecule has 0 bridgehead atoms. The van der Waals surface area contributed by atoms with Crippen LogP contribution >= 0.6 is 0 Å². The zero-order chi connectivity index (χ0) is 13.9. The van der Waals surface area contributed by atoms with Gasteiger partial charge in [0, 0.05) is 12.6 Å². The van der Waals surface area contributed by atoms with Crippen molar-refractivity contribution in [1.82, 2.24) is 4.72 Å². The minimum absolute atomic E-state index is 0.230. The first-order valence-electron chi connectivity index (χ1n) is 5.96. The molecule has 1 aromatic rings. The summed E-state index contributed by atoms with van der Waals surface area (Å²) in [5, 5.41) is 8.31. The maximum atomic E-state index is 11.7. The quantitative estimate of drug-likeness (QED) is 0.771. The predicted octanol–water partition coefficient (Wildman–Crippen LogP) is 1.37. The Bertz CT molecular complexity index is 603. The molecule has 0 amide bonds. The largest absolute Gasteiger partial charge is 0.478 e. The lowest BCUT2D eigenvalue weighted by atomic mass is 10.1. The number of benzene rings is 1. The molecule has 0 spiro atoms. The van der Waals surface area contributed by atoms with Gasteiger partial charge in [-0.05, 0) is 30.0 Å². The Labute approximate surface area is 112 Å². The molecule has 0 aliphatic heterocycles. The van der Waals surface area contributed by atoms with Crippen molar-refractivity contribution >= 4 is 22.1 Å². The van der Waals surface area contributed by atoms with E-state index >= 15 is 0 Å². The molecule has 19 heavy (non-hydrogen) atoms. The maximum absolute atomic E-state index is 11.7. The van der Waals surface area contributed by atoms with Crippen LogP contribution < -0.4 is 4.72 Å². The molecule has 0 atom stereocenters. The highest BCUT2D eigenvalue weighted by molar-refractivity contribution is 7.90. The number of nitrogens with one attached hydrogen (secondary N) is 1. The summed E-state index contributed by atoms with van der Waals surface area (Å²) in [6.45, 7) is 0.230. The fourth-order valence-corrected chi connectivity index (χ4v) is 3.01. The van der Waals surface area contributed by atoms with Gasteiger partial charge in [0.25, 0.3) is 0 Å². The smallest absolute Gasteiger partial charge is 0.328 e. The van der Waals surface area contributed by atoms with Gasteiger partial charge in [0.15, 0.2) is 0 Å². The fourth-order valence-electron chi connectivity index (χ4n) is 1.65. The Morgan fingerprint density at radius 2 is 2.16 bits per heavy atom. The minimum atomic E-state index is -3.19. The molecule has 1 aliphatic rings. The highest BCUT2D eigenvalue weighted by Gasteiger charge is 2.35. The number of carboxylic acids is 1. The van der Waals surface area contributed by atoms with E-state index < -0.39 is 16.0 Å². The highest BCUT2D eigenvalue weighted by Crippen LogP contribution is 2.27. The molecular weight excluding hydrogens is 266 g/mol. The van der Waals surface area contributed by atoms with E-state index in [4.69, 9.17) is 5.11 Å². The Balaban J connectivity index is 2.01. The van der Waals surface area contributed by atoms with Gasteiger partial charge in [-0.15, -0.1) is 0 Å². The molecule has 1 aromatic carbocycles. The van der Waals surface area contributed by atoms with E-state index in [-0.39, 0.29) is 11.8 Å². The zero-order valence-corrected chi connectivity index (χ0v) is 11.1. The SMILES string of the molecule is O=C(O)C=Cc1cccc(CNS(=O)(=O)C2CC2)c1. The average molecular weight is 281 g/mol. The van der Waals surface area contributed by atoms with Crippen molar-refractivity contribution in [2.45, 2.75) is 24.6 Å². The van der Waals surface area contributed by atoms with Crippen molar-refractivity contribution in [3.05, 3.63) is 41.5 Å². The van der Waals surface area contributed by atoms with Crippen LogP contribution in [0.4, 0.5) is 0 Å². The first-order chi connectivity index (χ1) is 8.97. The van der Waals surface area contributed by atoms with Crippen molar-refractivity contribution in [2.24, 2.45) is 0 Å². The van der Waals surface area contributed by atoms with Crippen LogP contribution in [-0.2, 0) is 21.4 Å².